The molecule has 4 heterocycles. The van der Waals surface area contributed by atoms with E-state index in [4.69, 9.17) is 32.3 Å². The number of aromatic amines is 1. The van der Waals surface area contributed by atoms with Gasteiger partial charge >= 0.3 is 0 Å². The Morgan fingerprint density at radius 2 is 2.02 bits per heavy atom. The number of hydrogen-bond donors (Lipinski definition) is 2. The smallest absolute Gasteiger partial charge is 0.245 e. The predicted octanol–water partition coefficient (Wildman–Crippen LogP) is 5.29. The lowest BCUT2D eigenvalue weighted by Gasteiger charge is -2.58. The lowest BCUT2D eigenvalue weighted by molar-refractivity contribution is -0.149. The van der Waals surface area contributed by atoms with Crippen LogP contribution in [-0.2, 0) is 16.1 Å². The summed E-state index contributed by atoms with van der Waals surface area (Å²) in [4.78, 5) is 13.9. The van der Waals surface area contributed by atoms with Crippen molar-refractivity contribution in [3.63, 3.8) is 0 Å². The fraction of sp³-hybridized carbons (Fsp3) is 0.355. The molecule has 1 spiro atoms. The van der Waals surface area contributed by atoms with Gasteiger partial charge in [0.25, 0.3) is 0 Å². The van der Waals surface area contributed by atoms with Gasteiger partial charge in [-0.25, -0.2) is 0 Å². The Bertz CT molecular complexity index is 1890. The zero-order valence-corrected chi connectivity index (χ0v) is 24.7. The summed E-state index contributed by atoms with van der Waals surface area (Å²) in [5.41, 5.74) is 13.9. The van der Waals surface area contributed by atoms with E-state index in [0.29, 0.717) is 24.0 Å². The third kappa shape index (κ3) is 4.04. The molecule has 3 aromatic heterocycles. The fourth-order valence-corrected chi connectivity index (χ4v) is 7.12. The maximum Gasteiger partial charge on any atom is 0.245 e. The van der Waals surface area contributed by atoms with Crippen LogP contribution >= 0.6 is 11.6 Å². The van der Waals surface area contributed by atoms with E-state index in [2.05, 4.69) is 40.5 Å². The summed E-state index contributed by atoms with van der Waals surface area (Å²) in [6, 6.07) is 8.43. The molecule has 0 bridgehead atoms. The number of carbonyl (C=O) groups excluding carboxylic acids is 1. The molecule has 3 N–H and O–H groups in total. The number of fused-ring (bicyclic) bond motifs is 2. The molecule has 2 fully saturated rings. The number of nitrogens with two attached hydrogens (primary N) is 1. The molecular formula is C31H33ClN8O2. The van der Waals surface area contributed by atoms with Crippen molar-refractivity contribution in [2.45, 2.75) is 39.3 Å². The molecule has 10 nitrogen and oxygen atoms in total. The van der Waals surface area contributed by atoms with E-state index in [-0.39, 0.29) is 17.4 Å². The van der Waals surface area contributed by atoms with E-state index >= 15 is 0 Å². The number of anilines is 1. The van der Waals surface area contributed by atoms with Crippen LogP contribution in [0.2, 0.25) is 5.02 Å². The van der Waals surface area contributed by atoms with Gasteiger partial charge in [-0.2, -0.15) is 15.3 Å². The first-order chi connectivity index (χ1) is 20.2. The molecule has 11 heteroatoms. The molecule has 1 amide bonds. The molecular weight excluding hydrogens is 552 g/mol. The Hall–Kier alpha value is -4.15. The molecule has 216 valence electrons. The van der Waals surface area contributed by atoms with Gasteiger partial charge in [0, 0.05) is 59.6 Å². The number of nitrogens with zero attached hydrogens (tertiary/aromatic N) is 6. The summed E-state index contributed by atoms with van der Waals surface area (Å²) < 4.78 is 9.29. The number of likely N-dealkylation sites (tertiary alicyclic amines) is 1. The van der Waals surface area contributed by atoms with Crippen LogP contribution in [0.4, 0.5) is 5.82 Å². The summed E-state index contributed by atoms with van der Waals surface area (Å²) in [6.45, 7) is 10.5. The van der Waals surface area contributed by atoms with Crippen molar-refractivity contribution in [1.29, 1.82) is 0 Å². The Balaban J connectivity index is 1.35. The van der Waals surface area contributed by atoms with E-state index in [9.17, 15) is 4.79 Å². The summed E-state index contributed by atoms with van der Waals surface area (Å²) in [5.74, 6) is 0.402. The summed E-state index contributed by atoms with van der Waals surface area (Å²) >= 11 is 7.08. The Labute approximate surface area is 248 Å². The van der Waals surface area contributed by atoms with Gasteiger partial charge in [-0.3, -0.25) is 19.3 Å². The third-order valence-electron chi connectivity index (χ3n) is 8.97. The number of halogens is 1. The molecule has 5 aromatic rings. The van der Waals surface area contributed by atoms with Crippen LogP contribution in [0.15, 0.2) is 43.1 Å². The quantitative estimate of drug-likeness (QED) is 0.251. The molecule has 1 saturated carbocycles. The van der Waals surface area contributed by atoms with Crippen molar-refractivity contribution in [3.8, 4) is 22.4 Å². The third-order valence-corrected chi connectivity index (χ3v) is 9.46. The molecule has 1 aliphatic heterocycles. The summed E-state index contributed by atoms with van der Waals surface area (Å²) in [7, 11) is 1.69. The lowest BCUT2D eigenvalue weighted by Crippen LogP contribution is -2.63. The van der Waals surface area contributed by atoms with Crippen molar-refractivity contribution in [2.24, 2.45) is 5.41 Å². The van der Waals surface area contributed by atoms with E-state index in [1.807, 2.05) is 34.8 Å². The average Bonchev–Trinajstić information content (AvgIpc) is 3.61. The van der Waals surface area contributed by atoms with Gasteiger partial charge in [0.15, 0.2) is 5.82 Å². The van der Waals surface area contributed by atoms with E-state index in [1.165, 1.54) is 6.08 Å². The van der Waals surface area contributed by atoms with Crippen LogP contribution in [0.3, 0.4) is 0 Å². The van der Waals surface area contributed by atoms with Crippen LogP contribution in [0.5, 0.6) is 0 Å². The number of aromatic nitrogens is 6. The van der Waals surface area contributed by atoms with E-state index < -0.39 is 0 Å². The number of aryl methyl sites for hydroxylation is 1. The number of methoxy groups -OCH3 is 1. The second-order valence-electron chi connectivity index (χ2n) is 11.8. The minimum atomic E-state index is 0.000610. The van der Waals surface area contributed by atoms with E-state index in [1.54, 1.807) is 7.11 Å². The zero-order valence-electron chi connectivity index (χ0n) is 23.9. The number of rotatable bonds is 7. The van der Waals surface area contributed by atoms with Gasteiger partial charge in [0.2, 0.25) is 5.91 Å². The number of ether oxygens (including phenoxy) is 1. The maximum absolute atomic E-state index is 12.1. The fourth-order valence-electron chi connectivity index (χ4n) is 6.88. The lowest BCUT2D eigenvalue weighted by atomic mass is 9.60. The van der Waals surface area contributed by atoms with Crippen molar-refractivity contribution in [1.82, 2.24) is 34.7 Å². The molecule has 0 radical (unpaired) electrons. The molecule has 1 saturated heterocycles. The monoisotopic (exact) mass is 584 g/mol. The van der Waals surface area contributed by atoms with Gasteiger partial charge in [-0.1, -0.05) is 24.2 Å². The second kappa shape index (κ2) is 9.71. The Morgan fingerprint density at radius 1 is 1.24 bits per heavy atom. The maximum atomic E-state index is 12.1. The zero-order chi connectivity index (χ0) is 29.3. The van der Waals surface area contributed by atoms with Gasteiger partial charge in [-0.05, 0) is 56.5 Å². The normalized spacial score (nSPS) is 16.3. The second-order valence-corrected chi connectivity index (χ2v) is 12.2. The summed E-state index contributed by atoms with van der Waals surface area (Å²) in [6.07, 6.45) is 5.36. The largest absolute Gasteiger partial charge is 0.383 e. The molecule has 1 aliphatic carbocycles. The van der Waals surface area contributed by atoms with Gasteiger partial charge in [0.1, 0.15) is 5.69 Å². The van der Waals surface area contributed by atoms with Crippen molar-refractivity contribution in [2.75, 3.05) is 32.5 Å². The van der Waals surface area contributed by atoms with Gasteiger partial charge < -0.3 is 15.4 Å². The molecule has 0 unspecified atom stereocenters. The first kappa shape index (κ1) is 26.7. The van der Waals surface area contributed by atoms with Crippen LogP contribution in [0, 0.1) is 19.3 Å². The first-order valence-electron chi connectivity index (χ1n) is 14.1. The number of amides is 1. The van der Waals surface area contributed by atoms with Gasteiger partial charge in [-0.15, -0.1) is 0 Å². The Kier molecular flexibility index (Phi) is 6.18. The van der Waals surface area contributed by atoms with Crippen LogP contribution in [-0.4, -0.2) is 67.4 Å². The number of nitrogen functional groups attached to an aromatic ring is 1. The number of carbonyl (C=O) groups is 1. The number of benzene rings is 2. The summed E-state index contributed by atoms with van der Waals surface area (Å²) in [5, 5.41) is 19.8. The molecule has 42 heavy (non-hydrogen) atoms. The molecule has 2 aliphatic rings. The van der Waals surface area contributed by atoms with Gasteiger partial charge in [0.05, 0.1) is 40.6 Å². The molecule has 7 rings (SSSR count). The first-order valence-corrected chi connectivity index (χ1v) is 14.5. The SMILES string of the molecule is C=CC(=O)N1CC2(CC(n3nc(-c4ccc5nn(CCOC)cc5c4)c(-c4c(Cl)c(C)cc5[nH]nc(N)c45)c3C)C2)C1. The number of hydrogen-bond acceptors (Lipinski definition) is 6. The van der Waals surface area contributed by atoms with Crippen LogP contribution in [0.25, 0.3) is 44.2 Å². The highest BCUT2D eigenvalue weighted by molar-refractivity contribution is 6.36. The minimum Gasteiger partial charge on any atom is -0.383 e. The number of H-pyrrole nitrogens is 1. The average molecular weight is 585 g/mol. The van der Waals surface area contributed by atoms with Crippen LogP contribution in [0.1, 0.15) is 30.1 Å². The van der Waals surface area contributed by atoms with E-state index in [0.717, 1.165) is 81.4 Å². The highest BCUT2D eigenvalue weighted by Gasteiger charge is 2.54. The molecule has 0 atom stereocenters. The Morgan fingerprint density at radius 3 is 2.76 bits per heavy atom. The highest BCUT2D eigenvalue weighted by Crippen LogP contribution is 2.55. The molecule has 2 aromatic carbocycles. The van der Waals surface area contributed by atoms with Crippen molar-refractivity contribution in [3.05, 3.63) is 59.4 Å². The van der Waals surface area contributed by atoms with Crippen LogP contribution < -0.4 is 5.73 Å². The minimum absolute atomic E-state index is 0.000610. The number of nitrogens with one attached hydrogen (secondary N) is 1. The topological polar surface area (TPSA) is 120 Å². The van der Waals surface area contributed by atoms with Crippen molar-refractivity contribution >= 4 is 45.1 Å². The standard InChI is InChI=1S/C31H33ClN8O2/c1-5-24(41)38-15-31(16-38)12-21(13-31)40-18(3)25(27-26-23(34-35-30(26)33)10-17(2)28(27)32)29(37-40)19-6-7-22-20(11-19)14-39(36-22)8-9-42-4/h5-7,10-11,14,21H,1,8-9,12-13,15-16H2,2-4H3,(H3,33,34,35). The predicted molar refractivity (Wildman–Crippen MR) is 164 cm³/mol. The highest BCUT2D eigenvalue weighted by atomic mass is 35.5. The van der Waals surface area contributed by atoms with Crippen molar-refractivity contribution < 1.29 is 9.53 Å².